The summed E-state index contributed by atoms with van der Waals surface area (Å²) in [6, 6.07) is 5.96. The number of methoxy groups -OCH3 is 2. The number of β-amino-alcohol motifs (C(OH)–C–C–N with tert-alkyl or cyclic N) is 1. The molecule has 23 heavy (non-hydrogen) atoms. The number of ether oxygens (including phenoxy) is 3. The summed E-state index contributed by atoms with van der Waals surface area (Å²) in [5, 5.41) is 13.8. The van der Waals surface area contributed by atoms with Crippen LogP contribution in [-0.4, -0.2) is 76.3 Å². The number of nitrogens with zero attached hydrogens (tertiary/aromatic N) is 1. The highest BCUT2D eigenvalue weighted by Gasteiger charge is 2.30. The van der Waals surface area contributed by atoms with Gasteiger partial charge in [-0.1, -0.05) is 6.07 Å². The molecule has 1 aliphatic heterocycles. The molecular weight excluding hydrogens is 296 g/mol. The number of hydrogen-bond acceptors (Lipinski definition) is 6. The van der Waals surface area contributed by atoms with Crippen molar-refractivity contribution in [1.29, 1.82) is 0 Å². The Kier molecular flexibility index (Phi) is 6.65. The molecule has 0 aliphatic carbocycles. The maximum absolute atomic E-state index is 10.6. The normalized spacial score (nSPS) is 22.0. The average Bonchev–Trinajstić information content (AvgIpc) is 2.77. The van der Waals surface area contributed by atoms with Crippen molar-refractivity contribution in [3.8, 4) is 11.5 Å². The van der Waals surface area contributed by atoms with Gasteiger partial charge in [-0.15, -0.1) is 0 Å². The van der Waals surface area contributed by atoms with Crippen molar-refractivity contribution < 1.29 is 19.3 Å². The molecule has 1 aromatic rings. The maximum atomic E-state index is 10.6. The van der Waals surface area contributed by atoms with Crippen molar-refractivity contribution in [2.24, 2.45) is 0 Å². The quantitative estimate of drug-likeness (QED) is 0.763. The Balaban J connectivity index is 1.87. The van der Waals surface area contributed by atoms with Crippen LogP contribution in [0.25, 0.3) is 0 Å². The van der Waals surface area contributed by atoms with E-state index >= 15 is 0 Å². The summed E-state index contributed by atoms with van der Waals surface area (Å²) in [5.74, 6) is 1.48. The van der Waals surface area contributed by atoms with Crippen LogP contribution in [0.1, 0.15) is 5.56 Å². The van der Waals surface area contributed by atoms with Gasteiger partial charge in [0.05, 0.1) is 27.4 Å². The van der Waals surface area contributed by atoms with E-state index in [0.717, 1.165) is 31.0 Å². The van der Waals surface area contributed by atoms with Crippen LogP contribution in [0.2, 0.25) is 0 Å². The molecule has 1 aromatic carbocycles. The molecule has 130 valence electrons. The molecule has 1 heterocycles. The number of nitrogens with one attached hydrogen (secondary N) is 1. The summed E-state index contributed by atoms with van der Waals surface area (Å²) >= 11 is 0. The first-order chi connectivity index (χ1) is 11.1. The van der Waals surface area contributed by atoms with Gasteiger partial charge in [-0.3, -0.25) is 0 Å². The SMILES string of the molecule is COc1ccc(CCN(C)CC2(O)CNCCOC2)cc1OC. The third-order valence-corrected chi connectivity index (χ3v) is 4.04. The first kappa shape index (κ1) is 18.0. The van der Waals surface area contributed by atoms with Crippen molar-refractivity contribution in [2.75, 3.05) is 60.7 Å². The minimum atomic E-state index is -0.831. The summed E-state index contributed by atoms with van der Waals surface area (Å²) in [6.45, 7) is 3.80. The maximum Gasteiger partial charge on any atom is 0.160 e. The molecule has 0 bridgehead atoms. The van der Waals surface area contributed by atoms with Crippen LogP contribution in [-0.2, 0) is 11.2 Å². The van der Waals surface area contributed by atoms with Gasteiger partial charge in [-0.05, 0) is 31.2 Å². The fourth-order valence-electron chi connectivity index (χ4n) is 2.82. The van der Waals surface area contributed by atoms with E-state index in [1.807, 2.05) is 25.2 Å². The molecule has 6 heteroatoms. The van der Waals surface area contributed by atoms with Gasteiger partial charge in [-0.25, -0.2) is 0 Å². The van der Waals surface area contributed by atoms with Crippen LogP contribution < -0.4 is 14.8 Å². The largest absolute Gasteiger partial charge is 0.493 e. The predicted octanol–water partition coefficient (Wildman–Crippen LogP) is 0.529. The van der Waals surface area contributed by atoms with Gasteiger partial charge < -0.3 is 29.5 Å². The van der Waals surface area contributed by atoms with Crippen molar-refractivity contribution in [3.05, 3.63) is 23.8 Å². The second-order valence-electron chi connectivity index (χ2n) is 6.13. The molecule has 1 aliphatic rings. The molecule has 0 saturated carbocycles. The molecular formula is C17H28N2O4. The monoisotopic (exact) mass is 324 g/mol. The molecule has 1 fully saturated rings. The minimum absolute atomic E-state index is 0.376. The topological polar surface area (TPSA) is 63.2 Å². The van der Waals surface area contributed by atoms with Gasteiger partial charge in [-0.2, -0.15) is 0 Å². The number of aliphatic hydroxyl groups is 1. The lowest BCUT2D eigenvalue weighted by Crippen LogP contribution is -2.50. The standard InChI is InChI=1S/C17H28N2O4/c1-19(12-17(20)11-18-7-9-23-13-17)8-6-14-4-5-15(21-2)16(10-14)22-3/h4-5,10,18,20H,6-9,11-13H2,1-3H3. The molecule has 1 saturated heterocycles. The minimum Gasteiger partial charge on any atom is -0.493 e. The Morgan fingerprint density at radius 2 is 2.09 bits per heavy atom. The second kappa shape index (κ2) is 8.49. The third kappa shape index (κ3) is 5.35. The van der Waals surface area contributed by atoms with E-state index in [-0.39, 0.29) is 0 Å². The predicted molar refractivity (Wildman–Crippen MR) is 89.4 cm³/mol. The molecule has 0 amide bonds. The Morgan fingerprint density at radius 1 is 1.30 bits per heavy atom. The van der Waals surface area contributed by atoms with Crippen molar-refractivity contribution in [2.45, 2.75) is 12.0 Å². The van der Waals surface area contributed by atoms with Crippen molar-refractivity contribution >= 4 is 0 Å². The van der Waals surface area contributed by atoms with Crippen LogP contribution in [0, 0.1) is 0 Å². The number of rotatable bonds is 7. The molecule has 2 N–H and O–H groups in total. The summed E-state index contributed by atoms with van der Waals surface area (Å²) in [4.78, 5) is 2.13. The lowest BCUT2D eigenvalue weighted by atomic mass is 10.0. The first-order valence-corrected chi connectivity index (χ1v) is 7.96. The zero-order valence-corrected chi connectivity index (χ0v) is 14.3. The van der Waals surface area contributed by atoms with E-state index in [2.05, 4.69) is 10.2 Å². The van der Waals surface area contributed by atoms with E-state index in [1.165, 1.54) is 5.56 Å². The number of benzene rings is 1. The molecule has 6 nitrogen and oxygen atoms in total. The van der Waals surface area contributed by atoms with Crippen molar-refractivity contribution in [1.82, 2.24) is 10.2 Å². The van der Waals surface area contributed by atoms with Gasteiger partial charge in [0, 0.05) is 26.2 Å². The summed E-state index contributed by atoms with van der Waals surface area (Å²) < 4.78 is 16.0. The van der Waals surface area contributed by atoms with Gasteiger partial charge in [0.25, 0.3) is 0 Å². The second-order valence-corrected chi connectivity index (χ2v) is 6.13. The van der Waals surface area contributed by atoms with Gasteiger partial charge in [0.15, 0.2) is 11.5 Å². The highest BCUT2D eigenvalue weighted by Crippen LogP contribution is 2.27. The number of hydrogen-bond donors (Lipinski definition) is 2. The highest BCUT2D eigenvalue weighted by molar-refractivity contribution is 5.42. The molecule has 0 aromatic heterocycles. The van der Waals surface area contributed by atoms with Gasteiger partial charge >= 0.3 is 0 Å². The first-order valence-electron chi connectivity index (χ1n) is 7.96. The van der Waals surface area contributed by atoms with Crippen molar-refractivity contribution in [3.63, 3.8) is 0 Å². The van der Waals surface area contributed by atoms with Crippen LogP contribution in [0.5, 0.6) is 11.5 Å². The third-order valence-electron chi connectivity index (χ3n) is 4.04. The average molecular weight is 324 g/mol. The Hall–Kier alpha value is -1.34. The van der Waals surface area contributed by atoms with Crippen LogP contribution in [0.15, 0.2) is 18.2 Å². The van der Waals surface area contributed by atoms with Gasteiger partial charge in [0.1, 0.15) is 5.60 Å². The summed E-state index contributed by atoms with van der Waals surface area (Å²) in [5.41, 5.74) is 0.347. The fraction of sp³-hybridized carbons (Fsp3) is 0.647. The lowest BCUT2D eigenvalue weighted by Gasteiger charge is -2.31. The lowest BCUT2D eigenvalue weighted by molar-refractivity contribution is -0.0448. The zero-order valence-electron chi connectivity index (χ0n) is 14.3. The Labute approximate surface area is 138 Å². The smallest absolute Gasteiger partial charge is 0.160 e. The van der Waals surface area contributed by atoms with E-state index in [4.69, 9.17) is 14.2 Å². The van der Waals surface area contributed by atoms with Gasteiger partial charge in [0.2, 0.25) is 0 Å². The van der Waals surface area contributed by atoms with E-state index < -0.39 is 5.60 Å². The summed E-state index contributed by atoms with van der Waals surface area (Å²) in [7, 11) is 5.29. The van der Waals surface area contributed by atoms with E-state index in [0.29, 0.717) is 26.3 Å². The molecule has 0 radical (unpaired) electrons. The molecule has 1 unspecified atom stereocenters. The van der Waals surface area contributed by atoms with E-state index in [9.17, 15) is 5.11 Å². The van der Waals surface area contributed by atoms with E-state index in [1.54, 1.807) is 14.2 Å². The number of likely N-dealkylation sites (N-methyl/N-ethyl adjacent to an activating group) is 1. The molecule has 0 spiro atoms. The fourth-order valence-corrected chi connectivity index (χ4v) is 2.82. The Bertz CT molecular complexity index is 487. The molecule has 1 atom stereocenters. The summed E-state index contributed by atoms with van der Waals surface area (Å²) in [6.07, 6.45) is 0.876. The van der Waals surface area contributed by atoms with Crippen LogP contribution in [0.3, 0.4) is 0 Å². The molecule has 2 rings (SSSR count). The Morgan fingerprint density at radius 3 is 2.83 bits per heavy atom. The van der Waals surface area contributed by atoms with Crippen LogP contribution in [0.4, 0.5) is 0 Å². The van der Waals surface area contributed by atoms with Crippen LogP contribution >= 0.6 is 0 Å². The zero-order chi connectivity index (χ0) is 16.7. The highest BCUT2D eigenvalue weighted by atomic mass is 16.5.